The second-order valence-corrected chi connectivity index (χ2v) is 6.27. The Hall–Kier alpha value is -2.20. The van der Waals surface area contributed by atoms with E-state index in [1.54, 1.807) is 0 Å². The number of thiazole rings is 1. The van der Waals surface area contributed by atoms with Gasteiger partial charge in [0.15, 0.2) is 5.13 Å². The third-order valence-electron chi connectivity index (χ3n) is 3.28. The summed E-state index contributed by atoms with van der Waals surface area (Å²) >= 11 is 1.52. The molecule has 0 unspecified atom stereocenters. The van der Waals surface area contributed by atoms with Crippen LogP contribution in [0.15, 0.2) is 36.4 Å². The lowest BCUT2D eigenvalue weighted by atomic mass is 10.0. The number of pyridine rings is 1. The molecule has 106 valence electrons. The molecular formula is C17H17N3S. The molecule has 0 amide bonds. The molecule has 2 heterocycles. The van der Waals surface area contributed by atoms with Crippen LogP contribution >= 0.6 is 11.3 Å². The van der Waals surface area contributed by atoms with E-state index in [0.29, 0.717) is 5.13 Å². The van der Waals surface area contributed by atoms with E-state index in [1.165, 1.54) is 16.9 Å². The molecule has 0 atom stereocenters. The third kappa shape index (κ3) is 2.81. The van der Waals surface area contributed by atoms with Gasteiger partial charge >= 0.3 is 0 Å². The van der Waals surface area contributed by atoms with E-state index < -0.39 is 0 Å². The molecule has 0 bridgehead atoms. The normalized spacial score (nSPS) is 10.8. The number of nitrogens with zero attached hydrogens (tertiary/aromatic N) is 2. The summed E-state index contributed by atoms with van der Waals surface area (Å²) in [5.41, 5.74) is 12.4. The van der Waals surface area contributed by atoms with Crippen LogP contribution in [0.25, 0.3) is 21.7 Å². The molecule has 3 nitrogen and oxygen atoms in total. The number of benzene rings is 1. The number of hydrogen-bond acceptors (Lipinski definition) is 4. The highest BCUT2D eigenvalue weighted by Crippen LogP contribution is 2.38. The Labute approximate surface area is 128 Å². The summed E-state index contributed by atoms with van der Waals surface area (Å²) in [7, 11) is 0. The standard InChI is InChI=1S/C17H17N3S/c1-10-5-4-6-13(7-10)15-16(21-17(18)20-15)14-8-11(2)19-12(3)9-14/h4-9H,1-3H3,(H2,18,20). The Morgan fingerprint density at radius 1 is 0.905 bits per heavy atom. The quantitative estimate of drug-likeness (QED) is 0.763. The fourth-order valence-corrected chi connectivity index (χ4v) is 3.33. The van der Waals surface area contributed by atoms with Crippen LogP contribution in [0.3, 0.4) is 0 Å². The lowest BCUT2D eigenvalue weighted by Gasteiger charge is -2.06. The summed E-state index contributed by atoms with van der Waals surface area (Å²) in [6.45, 7) is 6.10. The minimum absolute atomic E-state index is 0.591. The summed E-state index contributed by atoms with van der Waals surface area (Å²) in [6.07, 6.45) is 0. The second kappa shape index (κ2) is 5.30. The van der Waals surface area contributed by atoms with Crippen molar-refractivity contribution in [2.24, 2.45) is 0 Å². The minimum atomic E-state index is 0.591. The van der Waals surface area contributed by atoms with Crippen LogP contribution in [0.5, 0.6) is 0 Å². The SMILES string of the molecule is Cc1cccc(-c2nc(N)sc2-c2cc(C)nc(C)c2)c1. The van der Waals surface area contributed by atoms with Crippen molar-refractivity contribution in [1.82, 2.24) is 9.97 Å². The number of hydrogen-bond donors (Lipinski definition) is 1. The number of rotatable bonds is 2. The Morgan fingerprint density at radius 2 is 1.62 bits per heavy atom. The smallest absolute Gasteiger partial charge is 0.181 e. The van der Waals surface area contributed by atoms with Crippen molar-refractivity contribution in [3.8, 4) is 21.7 Å². The molecule has 0 spiro atoms. The maximum Gasteiger partial charge on any atom is 0.181 e. The highest BCUT2D eigenvalue weighted by atomic mass is 32.1. The van der Waals surface area contributed by atoms with Crippen LogP contribution in [0.1, 0.15) is 17.0 Å². The molecule has 0 aliphatic carbocycles. The van der Waals surface area contributed by atoms with Gasteiger partial charge in [-0.05, 0) is 44.5 Å². The summed E-state index contributed by atoms with van der Waals surface area (Å²) in [6, 6.07) is 12.5. The van der Waals surface area contributed by atoms with E-state index in [-0.39, 0.29) is 0 Å². The molecule has 2 aromatic heterocycles. The highest BCUT2D eigenvalue weighted by molar-refractivity contribution is 7.19. The minimum Gasteiger partial charge on any atom is -0.375 e. The molecule has 0 saturated carbocycles. The van der Waals surface area contributed by atoms with Crippen molar-refractivity contribution in [3.05, 3.63) is 53.3 Å². The number of nitrogen functional groups attached to an aromatic ring is 1. The maximum atomic E-state index is 5.96. The van der Waals surface area contributed by atoms with E-state index in [0.717, 1.165) is 33.1 Å². The molecule has 4 heteroatoms. The zero-order chi connectivity index (χ0) is 15.0. The van der Waals surface area contributed by atoms with Gasteiger partial charge < -0.3 is 5.73 Å². The van der Waals surface area contributed by atoms with E-state index >= 15 is 0 Å². The Kier molecular flexibility index (Phi) is 3.47. The van der Waals surface area contributed by atoms with E-state index in [2.05, 4.69) is 47.2 Å². The molecule has 0 saturated heterocycles. The zero-order valence-corrected chi connectivity index (χ0v) is 13.2. The molecule has 3 aromatic rings. The number of aryl methyl sites for hydroxylation is 3. The molecule has 1 aromatic carbocycles. The summed E-state index contributed by atoms with van der Waals surface area (Å²) < 4.78 is 0. The summed E-state index contributed by atoms with van der Waals surface area (Å²) in [4.78, 5) is 10.1. The van der Waals surface area contributed by atoms with Crippen molar-refractivity contribution in [1.29, 1.82) is 0 Å². The van der Waals surface area contributed by atoms with Crippen LogP contribution in [0.2, 0.25) is 0 Å². The molecule has 0 aliphatic rings. The van der Waals surface area contributed by atoms with Gasteiger partial charge in [0.2, 0.25) is 0 Å². The Balaban J connectivity index is 2.20. The molecule has 3 rings (SSSR count). The monoisotopic (exact) mass is 295 g/mol. The van der Waals surface area contributed by atoms with Gasteiger partial charge in [-0.25, -0.2) is 4.98 Å². The molecule has 0 fully saturated rings. The van der Waals surface area contributed by atoms with Gasteiger partial charge in [-0.3, -0.25) is 4.98 Å². The number of anilines is 1. The first-order valence-electron chi connectivity index (χ1n) is 6.82. The van der Waals surface area contributed by atoms with Gasteiger partial charge in [0.1, 0.15) is 0 Å². The first kappa shape index (κ1) is 13.8. The third-order valence-corrected chi connectivity index (χ3v) is 4.21. The molecule has 21 heavy (non-hydrogen) atoms. The van der Waals surface area contributed by atoms with Crippen molar-refractivity contribution >= 4 is 16.5 Å². The Bertz CT molecular complexity index is 785. The van der Waals surface area contributed by atoms with Gasteiger partial charge in [-0.1, -0.05) is 35.1 Å². The fourth-order valence-electron chi connectivity index (χ4n) is 2.49. The van der Waals surface area contributed by atoms with Crippen molar-refractivity contribution < 1.29 is 0 Å². The number of nitrogens with two attached hydrogens (primary N) is 1. The van der Waals surface area contributed by atoms with Gasteiger partial charge in [0.05, 0.1) is 10.6 Å². The van der Waals surface area contributed by atoms with Gasteiger partial charge in [0.25, 0.3) is 0 Å². The van der Waals surface area contributed by atoms with Gasteiger partial charge in [0, 0.05) is 17.0 Å². The van der Waals surface area contributed by atoms with E-state index in [9.17, 15) is 0 Å². The summed E-state index contributed by atoms with van der Waals surface area (Å²) in [5.74, 6) is 0. The molecule has 0 aliphatic heterocycles. The topological polar surface area (TPSA) is 51.8 Å². The van der Waals surface area contributed by atoms with Crippen LogP contribution in [0, 0.1) is 20.8 Å². The van der Waals surface area contributed by atoms with Crippen molar-refractivity contribution in [3.63, 3.8) is 0 Å². The highest BCUT2D eigenvalue weighted by Gasteiger charge is 2.14. The Morgan fingerprint density at radius 3 is 2.29 bits per heavy atom. The lowest BCUT2D eigenvalue weighted by molar-refractivity contribution is 1.13. The van der Waals surface area contributed by atoms with Crippen LogP contribution in [-0.2, 0) is 0 Å². The van der Waals surface area contributed by atoms with Gasteiger partial charge in [-0.15, -0.1) is 0 Å². The predicted molar refractivity (Wildman–Crippen MR) is 89.4 cm³/mol. The second-order valence-electron chi connectivity index (χ2n) is 5.24. The molecule has 0 radical (unpaired) electrons. The van der Waals surface area contributed by atoms with E-state index in [1.807, 2.05) is 19.9 Å². The molecule has 2 N–H and O–H groups in total. The largest absolute Gasteiger partial charge is 0.375 e. The van der Waals surface area contributed by atoms with Gasteiger partial charge in [-0.2, -0.15) is 0 Å². The maximum absolute atomic E-state index is 5.96. The average Bonchev–Trinajstić information content (AvgIpc) is 2.80. The lowest BCUT2D eigenvalue weighted by Crippen LogP contribution is -1.89. The van der Waals surface area contributed by atoms with Crippen molar-refractivity contribution in [2.45, 2.75) is 20.8 Å². The number of aromatic nitrogens is 2. The predicted octanol–water partition coefficient (Wildman–Crippen LogP) is 4.38. The van der Waals surface area contributed by atoms with Crippen LogP contribution < -0.4 is 5.73 Å². The zero-order valence-electron chi connectivity index (χ0n) is 12.3. The fraction of sp³-hybridized carbons (Fsp3) is 0.176. The average molecular weight is 295 g/mol. The first-order valence-corrected chi connectivity index (χ1v) is 7.63. The van der Waals surface area contributed by atoms with Crippen LogP contribution in [0.4, 0.5) is 5.13 Å². The molecular weight excluding hydrogens is 278 g/mol. The van der Waals surface area contributed by atoms with Crippen LogP contribution in [-0.4, -0.2) is 9.97 Å². The van der Waals surface area contributed by atoms with Crippen molar-refractivity contribution in [2.75, 3.05) is 5.73 Å². The van der Waals surface area contributed by atoms with E-state index in [4.69, 9.17) is 5.73 Å². The first-order chi connectivity index (χ1) is 10.0. The summed E-state index contributed by atoms with van der Waals surface area (Å²) in [5, 5.41) is 0.591.